The van der Waals surface area contributed by atoms with Crippen LogP contribution in [0.4, 0.5) is 0 Å². The second kappa shape index (κ2) is 12.6. The van der Waals surface area contributed by atoms with Crippen molar-refractivity contribution < 1.29 is 37.7 Å². The van der Waals surface area contributed by atoms with E-state index in [-0.39, 0.29) is 37.7 Å². The minimum atomic E-state index is 0. The molecule has 14 heavy (non-hydrogen) atoms. The first-order valence-electron chi connectivity index (χ1n) is 3.82. The largest absolute Gasteiger partial charge is 1.00 e. The Balaban J connectivity index is 0. The van der Waals surface area contributed by atoms with Gasteiger partial charge in [0.25, 0.3) is 0 Å². The third kappa shape index (κ3) is 9.72. The molecule has 0 radical (unpaired) electrons. The maximum atomic E-state index is 2.89. The molecule has 0 heterocycles. The van der Waals surface area contributed by atoms with Crippen molar-refractivity contribution >= 4 is 0 Å². The average molecular weight is 168 g/mol. The summed E-state index contributed by atoms with van der Waals surface area (Å²) in [4.78, 5) is 0. The summed E-state index contributed by atoms with van der Waals surface area (Å²) in [5.74, 6) is 0. The third-order valence-corrected chi connectivity index (χ3v) is 1.21. The van der Waals surface area contributed by atoms with Gasteiger partial charge in [0.1, 0.15) is 0 Å². The Hall–Kier alpha value is -0.365. The maximum Gasteiger partial charge on any atom is 1.00 e. The van der Waals surface area contributed by atoms with Crippen LogP contribution in [0.1, 0.15) is 0 Å². The molecule has 0 aromatic heterocycles. The topological polar surface area (TPSA) is 0 Å². The summed E-state index contributed by atoms with van der Waals surface area (Å²) in [6, 6.07) is 25.0. The van der Waals surface area contributed by atoms with E-state index in [9.17, 15) is 0 Å². The summed E-state index contributed by atoms with van der Waals surface area (Å²) in [5, 5.41) is 0. The van der Waals surface area contributed by atoms with Crippen LogP contribution in [0.15, 0.2) is 60.7 Å². The van der Waals surface area contributed by atoms with Gasteiger partial charge in [0.15, 0.2) is 0 Å². The second-order valence-corrected chi connectivity index (χ2v) is 2.15. The molecule has 2 heteroatoms. The minimum absolute atomic E-state index is 0. The van der Waals surface area contributed by atoms with Crippen molar-refractivity contribution in [2.24, 2.45) is 0 Å². The van der Waals surface area contributed by atoms with E-state index in [1.807, 2.05) is 60.7 Å². The summed E-state index contributed by atoms with van der Waals surface area (Å²) < 4.78 is 0. The summed E-state index contributed by atoms with van der Waals surface area (Å²) >= 11 is 0. The monoisotopic (exact) mass is 168 g/mol. The van der Waals surface area contributed by atoms with Gasteiger partial charge >= 0.3 is 37.7 Å². The molecule has 0 aliphatic carbocycles. The molecule has 0 unspecified atom stereocenters. The van der Waals surface area contributed by atoms with Crippen LogP contribution in [0.3, 0.4) is 0 Å². The van der Waals surface area contributed by atoms with E-state index in [1.165, 1.54) is 0 Å². The van der Waals surface area contributed by atoms with Gasteiger partial charge in [0.2, 0.25) is 0 Å². The molecule has 2 aromatic carbocycles. The van der Waals surface area contributed by atoms with Gasteiger partial charge in [-0.2, -0.15) is 72.8 Å². The summed E-state index contributed by atoms with van der Waals surface area (Å²) in [6.07, 6.45) is 0. The van der Waals surface area contributed by atoms with Crippen LogP contribution in [0.2, 0.25) is 0 Å². The first-order chi connectivity index (χ1) is 6.00. The first kappa shape index (κ1) is 16.1. The molecule has 0 bridgehead atoms. The van der Waals surface area contributed by atoms with Crippen molar-refractivity contribution in [1.29, 1.82) is 0 Å². The van der Waals surface area contributed by atoms with E-state index < -0.39 is 0 Å². The predicted molar refractivity (Wildman–Crippen MR) is 50.6 cm³/mol. The van der Waals surface area contributed by atoms with Gasteiger partial charge in [-0.15, -0.1) is 0 Å². The van der Waals surface area contributed by atoms with Crippen molar-refractivity contribution in [3.8, 4) is 0 Å². The molecule has 0 amide bonds. The van der Waals surface area contributed by atoms with Crippen molar-refractivity contribution in [3.05, 3.63) is 72.8 Å². The first-order valence-corrected chi connectivity index (χ1v) is 3.82. The fraction of sp³-hybridized carbons (Fsp3) is 0. The molecule has 0 fully saturated rings. The van der Waals surface area contributed by atoms with Gasteiger partial charge < -0.3 is 0 Å². The SMILES string of the molecule is [Li+].[Li+].[c-]1ccccc1.[c-]1ccccc1. The molecule has 0 saturated heterocycles. The number of hydrogen-bond donors (Lipinski definition) is 0. The quantitative estimate of drug-likeness (QED) is 0.290. The molecule has 0 aliphatic heterocycles. The molecule has 0 aliphatic rings. The van der Waals surface area contributed by atoms with Gasteiger partial charge in [-0.05, 0) is 0 Å². The number of hydrogen-bond acceptors (Lipinski definition) is 0. The summed E-state index contributed by atoms with van der Waals surface area (Å²) in [6.45, 7) is 0. The Morgan fingerprint density at radius 2 is 0.714 bits per heavy atom. The van der Waals surface area contributed by atoms with Crippen LogP contribution < -0.4 is 37.7 Å². The van der Waals surface area contributed by atoms with Crippen molar-refractivity contribution in [2.75, 3.05) is 0 Å². The molecule has 0 N–H and O–H groups in total. The van der Waals surface area contributed by atoms with E-state index in [2.05, 4.69) is 12.1 Å². The third-order valence-electron chi connectivity index (χ3n) is 1.21. The number of benzene rings is 2. The zero-order valence-electron chi connectivity index (χ0n) is 8.77. The smallest absolute Gasteiger partial charge is 0.184 e. The number of rotatable bonds is 0. The Kier molecular flexibility index (Phi) is 14.5. The van der Waals surface area contributed by atoms with Crippen molar-refractivity contribution in [3.63, 3.8) is 0 Å². The zero-order valence-corrected chi connectivity index (χ0v) is 8.77. The average Bonchev–Trinajstić information content (AvgIpc) is 2.24. The van der Waals surface area contributed by atoms with Gasteiger partial charge in [0.05, 0.1) is 0 Å². The zero-order chi connectivity index (χ0) is 8.49. The van der Waals surface area contributed by atoms with Crippen molar-refractivity contribution in [2.45, 2.75) is 0 Å². The van der Waals surface area contributed by atoms with Gasteiger partial charge in [-0.3, -0.25) is 0 Å². The van der Waals surface area contributed by atoms with Crippen LogP contribution in [0, 0.1) is 12.1 Å². The van der Waals surface area contributed by atoms with Crippen molar-refractivity contribution in [1.82, 2.24) is 0 Å². The fourth-order valence-electron chi connectivity index (χ4n) is 0.684. The Morgan fingerprint density at radius 1 is 0.429 bits per heavy atom. The van der Waals surface area contributed by atoms with E-state index in [0.29, 0.717) is 0 Å². The van der Waals surface area contributed by atoms with Crippen LogP contribution in [0.5, 0.6) is 0 Å². The predicted octanol–water partition coefficient (Wildman–Crippen LogP) is -3.02. The maximum absolute atomic E-state index is 2.89. The van der Waals surface area contributed by atoms with Crippen LogP contribution >= 0.6 is 0 Å². The van der Waals surface area contributed by atoms with E-state index in [0.717, 1.165) is 0 Å². The van der Waals surface area contributed by atoms with E-state index in [4.69, 9.17) is 0 Å². The molecule has 2 aromatic rings. The Bertz CT molecular complexity index is 184. The van der Waals surface area contributed by atoms with Gasteiger partial charge in [0, 0.05) is 0 Å². The summed E-state index contributed by atoms with van der Waals surface area (Å²) in [7, 11) is 0. The molecule has 2 rings (SSSR count). The molecule has 0 atom stereocenters. The Morgan fingerprint density at radius 3 is 0.786 bits per heavy atom. The second-order valence-electron chi connectivity index (χ2n) is 2.15. The molecule has 0 saturated carbocycles. The van der Waals surface area contributed by atoms with Crippen LogP contribution in [-0.2, 0) is 0 Å². The van der Waals surface area contributed by atoms with E-state index >= 15 is 0 Å². The Labute approximate surface area is 110 Å². The van der Waals surface area contributed by atoms with Crippen LogP contribution in [0.25, 0.3) is 0 Å². The summed E-state index contributed by atoms with van der Waals surface area (Å²) in [5.41, 5.74) is 0. The van der Waals surface area contributed by atoms with E-state index in [1.54, 1.807) is 0 Å². The van der Waals surface area contributed by atoms with Gasteiger partial charge in [-0.25, -0.2) is 0 Å². The molecule has 0 nitrogen and oxygen atoms in total. The molecular weight excluding hydrogens is 158 g/mol. The van der Waals surface area contributed by atoms with Crippen LogP contribution in [-0.4, -0.2) is 0 Å². The fourth-order valence-corrected chi connectivity index (χ4v) is 0.684. The minimum Gasteiger partial charge on any atom is -0.184 e. The normalized spacial score (nSPS) is 6.86. The molecular formula is C12H10Li2. The standard InChI is InChI=1S/2C6H5.2Li/c2*1-2-4-6-5-3-1;;/h2*1-5H;;/q2*-1;2*+1. The van der Waals surface area contributed by atoms with Gasteiger partial charge in [-0.1, -0.05) is 0 Å². The molecule has 60 valence electrons. The molecule has 0 spiro atoms.